The van der Waals surface area contributed by atoms with Gasteiger partial charge in [0.25, 0.3) is 0 Å². The molecule has 0 aromatic carbocycles. The summed E-state index contributed by atoms with van der Waals surface area (Å²) >= 11 is 1.19. The highest BCUT2D eigenvalue weighted by molar-refractivity contribution is 7.90. The maximum atomic E-state index is 12.3. The summed E-state index contributed by atoms with van der Waals surface area (Å²) in [6, 6.07) is 0.668. The van der Waals surface area contributed by atoms with Gasteiger partial charge < -0.3 is 5.32 Å². The van der Waals surface area contributed by atoms with E-state index in [1.807, 2.05) is 0 Å². The number of piperidine rings is 1. The first-order chi connectivity index (χ1) is 9.63. The molecule has 1 aliphatic heterocycles. The summed E-state index contributed by atoms with van der Waals surface area (Å²) in [7, 11) is -3.50. The average Bonchev–Trinajstić information content (AvgIpc) is 3.14. The zero-order chi connectivity index (χ0) is 14.0. The lowest BCUT2D eigenvalue weighted by Crippen LogP contribution is -2.45. The first-order valence-corrected chi connectivity index (χ1v) is 9.23. The first kappa shape index (κ1) is 14.2. The third-order valence-corrected chi connectivity index (χ3v) is 5.87. The van der Waals surface area contributed by atoms with E-state index >= 15 is 0 Å². The van der Waals surface area contributed by atoms with Crippen LogP contribution in [0.15, 0.2) is 5.51 Å². The molecule has 1 atom stereocenters. The molecule has 1 saturated heterocycles. The van der Waals surface area contributed by atoms with Crippen LogP contribution in [-0.2, 0) is 10.2 Å². The zero-order valence-electron chi connectivity index (χ0n) is 11.2. The molecule has 2 N–H and O–H groups in total. The minimum atomic E-state index is -3.50. The predicted octanol–water partition coefficient (Wildman–Crippen LogP) is 0.659. The molecular weight excluding hydrogens is 298 g/mol. The third kappa shape index (κ3) is 3.66. The van der Waals surface area contributed by atoms with Crippen LogP contribution >= 0.6 is 11.3 Å². The number of rotatable bonds is 6. The number of anilines is 1. The molecule has 0 bridgehead atoms. The van der Waals surface area contributed by atoms with Crippen LogP contribution in [0.4, 0.5) is 5.13 Å². The summed E-state index contributed by atoms with van der Waals surface area (Å²) in [4.78, 5) is 0. The summed E-state index contributed by atoms with van der Waals surface area (Å²) in [5.41, 5.74) is 1.51. The Hall–Kier alpha value is -0.770. The van der Waals surface area contributed by atoms with Gasteiger partial charge in [-0.05, 0) is 38.1 Å². The summed E-state index contributed by atoms with van der Waals surface area (Å²) in [6.07, 6.45) is 4.51. The van der Waals surface area contributed by atoms with Gasteiger partial charge in [0.1, 0.15) is 5.51 Å². The predicted molar refractivity (Wildman–Crippen MR) is 77.8 cm³/mol. The van der Waals surface area contributed by atoms with Gasteiger partial charge in [-0.15, -0.1) is 10.2 Å². The molecule has 7 nitrogen and oxygen atoms in total. The Kier molecular flexibility index (Phi) is 4.20. The van der Waals surface area contributed by atoms with Crippen LogP contribution in [0.25, 0.3) is 0 Å². The molecule has 0 spiro atoms. The van der Waals surface area contributed by atoms with Gasteiger partial charge in [-0.1, -0.05) is 11.3 Å². The molecule has 9 heteroatoms. The molecule has 0 radical (unpaired) electrons. The smallest absolute Gasteiger partial charge is 0.303 e. The zero-order valence-corrected chi connectivity index (χ0v) is 12.8. The second-order valence-corrected chi connectivity index (χ2v) is 7.90. The van der Waals surface area contributed by atoms with Gasteiger partial charge in [0.15, 0.2) is 0 Å². The minimum Gasteiger partial charge on any atom is -0.314 e. The van der Waals surface area contributed by atoms with E-state index in [0.717, 1.165) is 19.4 Å². The largest absolute Gasteiger partial charge is 0.314 e. The van der Waals surface area contributed by atoms with E-state index in [-0.39, 0.29) is 0 Å². The second kappa shape index (κ2) is 5.92. The third-order valence-electron chi connectivity index (χ3n) is 3.67. The summed E-state index contributed by atoms with van der Waals surface area (Å²) < 4.78 is 28.6. The van der Waals surface area contributed by atoms with Gasteiger partial charge >= 0.3 is 10.2 Å². The van der Waals surface area contributed by atoms with Crippen LogP contribution in [-0.4, -0.2) is 48.6 Å². The van der Waals surface area contributed by atoms with Gasteiger partial charge in [-0.25, -0.2) is 4.72 Å². The molecule has 20 heavy (non-hydrogen) atoms. The summed E-state index contributed by atoms with van der Waals surface area (Å²) in [6.45, 7) is 2.07. The normalized spacial score (nSPS) is 24.7. The fourth-order valence-electron chi connectivity index (χ4n) is 2.43. The summed E-state index contributed by atoms with van der Waals surface area (Å²) in [5, 5.41) is 11.2. The van der Waals surface area contributed by atoms with Crippen LogP contribution in [0, 0.1) is 5.92 Å². The highest BCUT2D eigenvalue weighted by Gasteiger charge is 2.30. The van der Waals surface area contributed by atoms with Crippen LogP contribution in [0.1, 0.15) is 25.7 Å². The first-order valence-electron chi connectivity index (χ1n) is 6.91. The highest BCUT2D eigenvalue weighted by atomic mass is 32.2. The van der Waals surface area contributed by atoms with Gasteiger partial charge in [0.2, 0.25) is 5.13 Å². The molecular formula is C11H19N5O2S2. The Morgan fingerprint density at radius 2 is 2.25 bits per heavy atom. The number of aromatic nitrogens is 2. The average molecular weight is 317 g/mol. The maximum absolute atomic E-state index is 12.3. The van der Waals surface area contributed by atoms with Crippen LogP contribution < -0.4 is 10.0 Å². The van der Waals surface area contributed by atoms with E-state index in [9.17, 15) is 8.42 Å². The maximum Gasteiger partial charge on any atom is 0.303 e. The quantitative estimate of drug-likeness (QED) is 0.805. The highest BCUT2D eigenvalue weighted by Crippen LogP contribution is 2.23. The molecule has 112 valence electrons. The molecule has 1 aliphatic carbocycles. The van der Waals surface area contributed by atoms with Crippen molar-refractivity contribution in [2.75, 3.05) is 24.4 Å². The van der Waals surface area contributed by atoms with Crippen molar-refractivity contribution in [3.05, 3.63) is 5.51 Å². The molecule has 2 fully saturated rings. The van der Waals surface area contributed by atoms with Crippen molar-refractivity contribution in [3.8, 4) is 0 Å². The Balaban J connectivity index is 1.57. The van der Waals surface area contributed by atoms with Crippen molar-refractivity contribution in [2.24, 2.45) is 5.92 Å². The van der Waals surface area contributed by atoms with E-state index in [1.54, 1.807) is 0 Å². The van der Waals surface area contributed by atoms with E-state index < -0.39 is 10.2 Å². The van der Waals surface area contributed by atoms with E-state index in [1.165, 1.54) is 34.0 Å². The lowest BCUT2D eigenvalue weighted by Gasteiger charge is -2.31. The van der Waals surface area contributed by atoms with Crippen molar-refractivity contribution in [1.82, 2.24) is 19.8 Å². The molecule has 0 amide bonds. The molecule has 1 saturated carbocycles. The van der Waals surface area contributed by atoms with Crippen molar-refractivity contribution in [1.29, 1.82) is 0 Å². The van der Waals surface area contributed by atoms with Gasteiger partial charge in [0, 0.05) is 19.1 Å². The fraction of sp³-hybridized carbons (Fsp3) is 0.818. The Morgan fingerprint density at radius 1 is 1.40 bits per heavy atom. The van der Waals surface area contributed by atoms with Crippen LogP contribution in [0.5, 0.6) is 0 Å². The van der Waals surface area contributed by atoms with E-state index in [4.69, 9.17) is 0 Å². The minimum absolute atomic E-state index is 0.322. The van der Waals surface area contributed by atoms with Crippen molar-refractivity contribution in [2.45, 2.75) is 31.7 Å². The Labute approximate surface area is 123 Å². The van der Waals surface area contributed by atoms with Crippen LogP contribution in [0.2, 0.25) is 0 Å². The van der Waals surface area contributed by atoms with Gasteiger partial charge in [-0.2, -0.15) is 12.7 Å². The monoisotopic (exact) mass is 317 g/mol. The van der Waals surface area contributed by atoms with Crippen LogP contribution in [0.3, 0.4) is 0 Å². The number of nitrogens with one attached hydrogen (secondary N) is 2. The van der Waals surface area contributed by atoms with Crippen molar-refractivity contribution < 1.29 is 8.42 Å². The fourth-order valence-corrected chi connectivity index (χ4v) is 4.39. The number of hydrogen-bond donors (Lipinski definition) is 2. The molecule has 1 unspecified atom stereocenters. The SMILES string of the molecule is O=S(=O)(Nc1nncs1)N1CCCC(CNC2CC2)C1. The van der Waals surface area contributed by atoms with Gasteiger partial charge in [-0.3, -0.25) is 0 Å². The molecule has 2 aliphatic rings. The molecule has 2 heterocycles. The number of hydrogen-bond acceptors (Lipinski definition) is 6. The molecule has 3 rings (SSSR count). The molecule has 1 aromatic rings. The van der Waals surface area contributed by atoms with E-state index in [2.05, 4.69) is 20.2 Å². The van der Waals surface area contributed by atoms with Crippen molar-refractivity contribution in [3.63, 3.8) is 0 Å². The Morgan fingerprint density at radius 3 is 2.95 bits per heavy atom. The molecule has 1 aromatic heterocycles. The summed E-state index contributed by atoms with van der Waals surface area (Å²) in [5.74, 6) is 0.398. The lowest BCUT2D eigenvalue weighted by molar-refractivity contribution is 0.261. The Bertz CT molecular complexity index is 529. The second-order valence-electron chi connectivity index (χ2n) is 5.40. The van der Waals surface area contributed by atoms with Gasteiger partial charge in [0.05, 0.1) is 0 Å². The van der Waals surface area contributed by atoms with E-state index in [0.29, 0.717) is 30.2 Å². The standard InChI is InChI=1S/C11H19N5O2S2/c17-20(18,15-11-14-13-8-19-11)16-5-1-2-9(7-16)6-12-10-3-4-10/h8-10,12H,1-7H2,(H,14,15). The lowest BCUT2D eigenvalue weighted by atomic mass is 10.00. The number of nitrogens with zero attached hydrogens (tertiary/aromatic N) is 3. The topological polar surface area (TPSA) is 87.2 Å². The van der Waals surface area contributed by atoms with Crippen molar-refractivity contribution >= 4 is 26.7 Å².